The summed E-state index contributed by atoms with van der Waals surface area (Å²) in [6.45, 7) is 3.20. The molecule has 0 aliphatic rings. The molecule has 0 heterocycles. The average molecular weight is 275 g/mol. The largest absolute Gasteiger partial charge is 0.484 e. The molecule has 0 radical (unpaired) electrons. The van der Waals surface area contributed by atoms with Crippen LogP contribution in [-0.4, -0.2) is 41.6 Å². The summed E-state index contributed by atoms with van der Waals surface area (Å²) < 4.78 is 5.36. The van der Waals surface area contributed by atoms with Crippen LogP contribution < -0.4 is 4.74 Å². The minimum absolute atomic E-state index is 0.0541. The van der Waals surface area contributed by atoms with Gasteiger partial charge in [0.15, 0.2) is 6.61 Å². The number of nitrogens with zero attached hydrogens (tertiary/aromatic N) is 1. The Bertz CT molecular complexity index is 545. The smallest absolute Gasteiger partial charge is 0.323 e. The SMILES string of the molecule is C#CCN(CC(=O)O)C(=O)COc1ccc(C)c(C)c1. The number of ether oxygens (including phenoxy) is 1. The molecule has 1 aromatic carbocycles. The Morgan fingerprint density at radius 3 is 2.60 bits per heavy atom. The van der Waals surface area contributed by atoms with Crippen molar-refractivity contribution in [2.24, 2.45) is 0 Å². The highest BCUT2D eigenvalue weighted by atomic mass is 16.5. The van der Waals surface area contributed by atoms with E-state index in [-0.39, 0.29) is 13.2 Å². The predicted molar refractivity (Wildman–Crippen MR) is 74.5 cm³/mol. The van der Waals surface area contributed by atoms with Gasteiger partial charge in [-0.05, 0) is 37.1 Å². The van der Waals surface area contributed by atoms with Crippen molar-refractivity contribution in [2.45, 2.75) is 13.8 Å². The predicted octanol–water partition coefficient (Wildman–Crippen LogP) is 1.23. The second-order valence-corrected chi connectivity index (χ2v) is 4.38. The van der Waals surface area contributed by atoms with Crippen LogP contribution >= 0.6 is 0 Å². The molecule has 0 aliphatic carbocycles. The molecule has 1 amide bonds. The highest BCUT2D eigenvalue weighted by molar-refractivity contribution is 5.82. The molecule has 106 valence electrons. The summed E-state index contributed by atoms with van der Waals surface area (Å²) in [5.74, 6) is 1.26. The van der Waals surface area contributed by atoms with Crippen LogP contribution in [0.15, 0.2) is 18.2 Å². The highest BCUT2D eigenvalue weighted by Gasteiger charge is 2.16. The lowest BCUT2D eigenvalue weighted by molar-refractivity contribution is -0.144. The van der Waals surface area contributed by atoms with Crippen LogP contribution in [0.3, 0.4) is 0 Å². The van der Waals surface area contributed by atoms with Gasteiger partial charge in [0, 0.05) is 0 Å². The van der Waals surface area contributed by atoms with E-state index in [1.807, 2.05) is 26.0 Å². The fourth-order valence-corrected chi connectivity index (χ4v) is 1.55. The molecule has 20 heavy (non-hydrogen) atoms. The van der Waals surface area contributed by atoms with Gasteiger partial charge in [-0.2, -0.15) is 0 Å². The van der Waals surface area contributed by atoms with Gasteiger partial charge in [0.25, 0.3) is 5.91 Å². The molecule has 1 rings (SSSR count). The zero-order valence-electron chi connectivity index (χ0n) is 11.5. The summed E-state index contributed by atoms with van der Waals surface area (Å²) in [6.07, 6.45) is 5.11. The molecule has 0 fully saturated rings. The lowest BCUT2D eigenvalue weighted by atomic mass is 10.1. The monoisotopic (exact) mass is 275 g/mol. The van der Waals surface area contributed by atoms with Crippen LogP contribution in [0.5, 0.6) is 5.75 Å². The first-order chi connectivity index (χ1) is 9.43. The summed E-state index contributed by atoms with van der Waals surface area (Å²) in [4.78, 5) is 23.5. The Balaban J connectivity index is 2.62. The second kappa shape index (κ2) is 7.19. The lowest BCUT2D eigenvalue weighted by Crippen LogP contribution is -2.38. The maximum atomic E-state index is 11.8. The van der Waals surface area contributed by atoms with E-state index in [2.05, 4.69) is 5.92 Å². The fraction of sp³-hybridized carbons (Fsp3) is 0.333. The number of carbonyl (C=O) groups excluding carboxylic acids is 1. The molecule has 0 aromatic heterocycles. The number of hydrogen-bond donors (Lipinski definition) is 1. The van der Waals surface area contributed by atoms with Crippen LogP contribution in [0.1, 0.15) is 11.1 Å². The molecule has 5 nitrogen and oxygen atoms in total. The Hall–Kier alpha value is -2.48. The first-order valence-corrected chi connectivity index (χ1v) is 6.07. The summed E-state index contributed by atoms with van der Waals surface area (Å²) in [5.41, 5.74) is 2.18. The zero-order valence-corrected chi connectivity index (χ0v) is 11.5. The van der Waals surface area contributed by atoms with Crippen LogP contribution in [-0.2, 0) is 9.59 Å². The van der Waals surface area contributed by atoms with Gasteiger partial charge in [-0.15, -0.1) is 6.42 Å². The molecule has 0 bridgehead atoms. The molecule has 0 saturated carbocycles. The third-order valence-electron chi connectivity index (χ3n) is 2.80. The van der Waals surface area contributed by atoms with Crippen LogP contribution in [0.2, 0.25) is 0 Å². The summed E-state index contributed by atoms with van der Waals surface area (Å²) in [5, 5.41) is 8.71. The van der Waals surface area contributed by atoms with E-state index in [0.29, 0.717) is 5.75 Å². The van der Waals surface area contributed by atoms with E-state index >= 15 is 0 Å². The van der Waals surface area contributed by atoms with E-state index in [4.69, 9.17) is 16.3 Å². The number of aliphatic carboxylic acids is 1. The van der Waals surface area contributed by atoms with Crippen molar-refractivity contribution < 1.29 is 19.4 Å². The van der Waals surface area contributed by atoms with Gasteiger partial charge < -0.3 is 14.7 Å². The van der Waals surface area contributed by atoms with Gasteiger partial charge >= 0.3 is 5.97 Å². The van der Waals surface area contributed by atoms with Gasteiger partial charge in [-0.3, -0.25) is 9.59 Å². The van der Waals surface area contributed by atoms with Gasteiger partial charge in [0.1, 0.15) is 12.3 Å². The number of amides is 1. The molecule has 0 saturated heterocycles. The molecule has 1 N–H and O–H groups in total. The summed E-state index contributed by atoms with van der Waals surface area (Å²) >= 11 is 0. The number of carboxylic acid groups (broad SMARTS) is 1. The van der Waals surface area contributed by atoms with Crippen LogP contribution in [0.4, 0.5) is 0 Å². The number of carbonyl (C=O) groups is 2. The maximum absolute atomic E-state index is 11.8. The fourth-order valence-electron chi connectivity index (χ4n) is 1.55. The molecule has 0 aliphatic heterocycles. The normalized spacial score (nSPS) is 9.65. The maximum Gasteiger partial charge on any atom is 0.323 e. The highest BCUT2D eigenvalue weighted by Crippen LogP contribution is 2.16. The minimum atomic E-state index is -1.11. The average Bonchev–Trinajstić information content (AvgIpc) is 2.39. The van der Waals surface area contributed by atoms with Crippen molar-refractivity contribution in [3.05, 3.63) is 29.3 Å². The van der Waals surface area contributed by atoms with Crippen molar-refractivity contribution in [3.63, 3.8) is 0 Å². The van der Waals surface area contributed by atoms with E-state index in [0.717, 1.165) is 16.0 Å². The first-order valence-electron chi connectivity index (χ1n) is 6.07. The zero-order chi connectivity index (χ0) is 15.1. The topological polar surface area (TPSA) is 66.8 Å². The Kier molecular flexibility index (Phi) is 5.60. The number of benzene rings is 1. The van der Waals surface area contributed by atoms with Crippen molar-refractivity contribution >= 4 is 11.9 Å². The number of terminal acetylenes is 1. The molecule has 0 spiro atoms. The van der Waals surface area contributed by atoms with Crippen molar-refractivity contribution in [2.75, 3.05) is 19.7 Å². The van der Waals surface area contributed by atoms with Crippen molar-refractivity contribution in [1.82, 2.24) is 4.90 Å². The lowest BCUT2D eigenvalue weighted by Gasteiger charge is -2.18. The van der Waals surface area contributed by atoms with E-state index in [1.165, 1.54) is 0 Å². The molecule has 1 aromatic rings. The summed E-state index contributed by atoms with van der Waals surface area (Å²) in [7, 11) is 0. The van der Waals surface area contributed by atoms with Gasteiger partial charge in [-0.25, -0.2) is 0 Å². The quantitative estimate of drug-likeness (QED) is 0.793. The van der Waals surface area contributed by atoms with E-state index < -0.39 is 18.4 Å². The Labute approximate surface area is 118 Å². The van der Waals surface area contributed by atoms with E-state index in [9.17, 15) is 9.59 Å². The second-order valence-electron chi connectivity index (χ2n) is 4.38. The molecule has 0 unspecified atom stereocenters. The third kappa shape index (κ3) is 4.65. The number of hydrogen-bond acceptors (Lipinski definition) is 3. The molecule has 0 atom stereocenters. The number of carboxylic acids is 1. The molecular weight excluding hydrogens is 258 g/mol. The van der Waals surface area contributed by atoms with Crippen molar-refractivity contribution in [1.29, 1.82) is 0 Å². The van der Waals surface area contributed by atoms with Gasteiger partial charge in [-0.1, -0.05) is 12.0 Å². The van der Waals surface area contributed by atoms with E-state index in [1.54, 1.807) is 6.07 Å². The number of rotatable bonds is 6. The summed E-state index contributed by atoms with van der Waals surface area (Å²) in [6, 6.07) is 5.48. The van der Waals surface area contributed by atoms with Gasteiger partial charge in [0.2, 0.25) is 0 Å². The number of aryl methyl sites for hydroxylation is 2. The minimum Gasteiger partial charge on any atom is -0.484 e. The Morgan fingerprint density at radius 2 is 2.05 bits per heavy atom. The standard InChI is InChI=1S/C15H17NO4/c1-4-7-16(9-15(18)19)14(17)10-20-13-6-5-11(2)12(3)8-13/h1,5-6,8H,7,9-10H2,2-3H3,(H,18,19). The van der Waals surface area contributed by atoms with Crippen LogP contribution in [0, 0.1) is 26.2 Å². The van der Waals surface area contributed by atoms with Crippen LogP contribution in [0.25, 0.3) is 0 Å². The molecule has 5 heteroatoms. The van der Waals surface area contributed by atoms with Crippen molar-refractivity contribution in [3.8, 4) is 18.1 Å². The first kappa shape index (κ1) is 15.6. The Morgan fingerprint density at radius 1 is 1.35 bits per heavy atom. The van der Waals surface area contributed by atoms with Gasteiger partial charge in [0.05, 0.1) is 6.54 Å². The third-order valence-corrected chi connectivity index (χ3v) is 2.80. The molecular formula is C15H17NO4.